The molecule has 0 radical (unpaired) electrons. The van der Waals surface area contributed by atoms with Gasteiger partial charge in [0.25, 0.3) is 5.91 Å². The van der Waals surface area contributed by atoms with Crippen LogP contribution in [0.3, 0.4) is 0 Å². The standard InChI is InChI=1S/C23H30N8O/c24-15-5-7-17(8-6-15)28-21-13-19(27-16-3-1-2-4-16)22-26-14-20(31(22)30-21)23(32)29-18-9-11-25-12-10-18/h9-17,27H,1-8,24H2,(H,28,30)(H,25,29,32)/t15-,17-. The number of hydrogen-bond acceptors (Lipinski definition) is 7. The van der Waals surface area contributed by atoms with E-state index in [4.69, 9.17) is 10.8 Å². The lowest BCUT2D eigenvalue weighted by Crippen LogP contribution is -2.33. The van der Waals surface area contributed by atoms with Crippen LogP contribution in [0.2, 0.25) is 0 Å². The van der Waals surface area contributed by atoms with Gasteiger partial charge in [-0.05, 0) is 50.7 Å². The van der Waals surface area contributed by atoms with E-state index in [1.165, 1.54) is 12.8 Å². The number of nitrogens with zero attached hydrogens (tertiary/aromatic N) is 4. The van der Waals surface area contributed by atoms with Crippen molar-refractivity contribution in [3.05, 3.63) is 42.5 Å². The molecule has 0 bridgehead atoms. The minimum absolute atomic E-state index is 0.260. The van der Waals surface area contributed by atoms with Crippen LogP contribution < -0.4 is 21.7 Å². The highest BCUT2D eigenvalue weighted by molar-refractivity contribution is 6.03. The third kappa shape index (κ3) is 4.52. The van der Waals surface area contributed by atoms with Crippen LogP contribution >= 0.6 is 0 Å². The smallest absolute Gasteiger partial charge is 0.276 e. The van der Waals surface area contributed by atoms with Crippen molar-refractivity contribution in [1.82, 2.24) is 19.6 Å². The molecule has 0 unspecified atom stereocenters. The summed E-state index contributed by atoms with van der Waals surface area (Å²) in [4.78, 5) is 21.5. The van der Waals surface area contributed by atoms with E-state index in [9.17, 15) is 4.79 Å². The van der Waals surface area contributed by atoms with Crippen LogP contribution in [0, 0.1) is 0 Å². The minimum atomic E-state index is -0.260. The Morgan fingerprint density at radius 1 is 1.00 bits per heavy atom. The molecule has 9 heteroatoms. The zero-order chi connectivity index (χ0) is 21.9. The number of amides is 1. The van der Waals surface area contributed by atoms with Gasteiger partial charge in [0.1, 0.15) is 5.82 Å². The fourth-order valence-electron chi connectivity index (χ4n) is 4.69. The van der Waals surface area contributed by atoms with Crippen molar-refractivity contribution in [3.8, 4) is 0 Å². The quantitative estimate of drug-likeness (QED) is 0.469. The number of carbonyl (C=O) groups excluding carboxylic acids is 1. The molecule has 5 N–H and O–H groups in total. The number of fused-ring (bicyclic) bond motifs is 1. The van der Waals surface area contributed by atoms with Gasteiger partial charge in [-0.25, -0.2) is 9.50 Å². The summed E-state index contributed by atoms with van der Waals surface area (Å²) >= 11 is 0. The normalized spacial score (nSPS) is 21.5. The summed E-state index contributed by atoms with van der Waals surface area (Å²) in [5.74, 6) is 0.484. The number of nitrogens with one attached hydrogen (secondary N) is 3. The predicted molar refractivity (Wildman–Crippen MR) is 125 cm³/mol. The van der Waals surface area contributed by atoms with Gasteiger partial charge in [0.05, 0.1) is 11.9 Å². The van der Waals surface area contributed by atoms with E-state index in [2.05, 4.69) is 25.9 Å². The number of aromatic nitrogens is 4. The zero-order valence-corrected chi connectivity index (χ0v) is 18.1. The number of nitrogens with two attached hydrogens (primary N) is 1. The van der Waals surface area contributed by atoms with Crippen molar-refractivity contribution < 1.29 is 4.79 Å². The van der Waals surface area contributed by atoms with Crippen LogP contribution in [-0.2, 0) is 0 Å². The molecule has 1 amide bonds. The second-order valence-electron chi connectivity index (χ2n) is 8.89. The summed E-state index contributed by atoms with van der Waals surface area (Å²) in [5.41, 5.74) is 8.70. The van der Waals surface area contributed by atoms with Crippen LogP contribution in [-0.4, -0.2) is 43.6 Å². The maximum atomic E-state index is 13.0. The summed E-state index contributed by atoms with van der Waals surface area (Å²) in [5, 5.41) is 14.9. The Morgan fingerprint density at radius 3 is 2.47 bits per heavy atom. The molecular formula is C23H30N8O. The molecule has 9 nitrogen and oxygen atoms in total. The summed E-state index contributed by atoms with van der Waals surface area (Å²) in [6, 6.07) is 6.58. The number of imidazole rings is 1. The monoisotopic (exact) mass is 434 g/mol. The van der Waals surface area contributed by atoms with Crippen LogP contribution in [0.15, 0.2) is 36.8 Å². The first kappa shape index (κ1) is 20.7. The van der Waals surface area contributed by atoms with Gasteiger partial charge in [0.15, 0.2) is 11.3 Å². The zero-order valence-electron chi connectivity index (χ0n) is 18.1. The van der Waals surface area contributed by atoms with E-state index in [0.717, 1.165) is 50.0 Å². The predicted octanol–water partition coefficient (Wildman–Crippen LogP) is 3.41. The largest absolute Gasteiger partial charge is 0.379 e. The molecule has 2 aliphatic carbocycles. The number of carbonyl (C=O) groups is 1. The van der Waals surface area contributed by atoms with Crippen molar-refractivity contribution in [3.63, 3.8) is 0 Å². The van der Waals surface area contributed by atoms with E-state index in [-0.39, 0.29) is 5.91 Å². The topological polar surface area (TPSA) is 122 Å². The Kier molecular flexibility index (Phi) is 5.89. The summed E-state index contributed by atoms with van der Waals surface area (Å²) in [6.45, 7) is 0. The summed E-state index contributed by atoms with van der Waals surface area (Å²) < 4.78 is 1.64. The van der Waals surface area contributed by atoms with Crippen molar-refractivity contribution in [2.75, 3.05) is 16.0 Å². The van der Waals surface area contributed by atoms with Gasteiger partial charge in [-0.3, -0.25) is 9.78 Å². The molecule has 0 aliphatic heterocycles. The molecule has 0 spiro atoms. The van der Waals surface area contributed by atoms with Crippen LogP contribution in [0.1, 0.15) is 61.9 Å². The van der Waals surface area contributed by atoms with E-state index in [1.807, 2.05) is 6.07 Å². The molecule has 3 aromatic rings. The average molecular weight is 435 g/mol. The molecule has 3 aromatic heterocycles. The lowest BCUT2D eigenvalue weighted by atomic mass is 9.92. The van der Waals surface area contributed by atoms with Crippen LogP contribution in [0.25, 0.3) is 5.65 Å². The second kappa shape index (κ2) is 9.12. The molecule has 3 heterocycles. The molecule has 32 heavy (non-hydrogen) atoms. The van der Waals surface area contributed by atoms with Gasteiger partial charge in [0.2, 0.25) is 0 Å². The number of anilines is 3. The molecule has 2 fully saturated rings. The second-order valence-corrected chi connectivity index (χ2v) is 8.89. The van der Waals surface area contributed by atoms with Crippen molar-refractivity contribution in [2.24, 2.45) is 5.73 Å². The molecule has 2 saturated carbocycles. The number of pyridine rings is 1. The highest BCUT2D eigenvalue weighted by atomic mass is 16.2. The van der Waals surface area contributed by atoms with Crippen molar-refractivity contribution in [2.45, 2.75) is 69.5 Å². The Balaban J connectivity index is 1.45. The van der Waals surface area contributed by atoms with Gasteiger partial charge in [-0.1, -0.05) is 12.8 Å². The average Bonchev–Trinajstić information content (AvgIpc) is 3.46. The molecule has 0 aromatic carbocycles. The van der Waals surface area contributed by atoms with E-state index in [0.29, 0.717) is 35.2 Å². The highest BCUT2D eigenvalue weighted by Crippen LogP contribution is 2.28. The lowest BCUT2D eigenvalue weighted by molar-refractivity contribution is 0.102. The number of rotatable bonds is 6. The first-order valence-corrected chi connectivity index (χ1v) is 11.5. The Hall–Kier alpha value is -3.20. The van der Waals surface area contributed by atoms with Gasteiger partial charge in [0, 0.05) is 42.3 Å². The van der Waals surface area contributed by atoms with E-state index in [1.54, 1.807) is 35.2 Å². The van der Waals surface area contributed by atoms with Gasteiger partial charge >= 0.3 is 0 Å². The van der Waals surface area contributed by atoms with Crippen LogP contribution in [0.5, 0.6) is 0 Å². The maximum absolute atomic E-state index is 13.0. The lowest BCUT2D eigenvalue weighted by Gasteiger charge is -2.27. The van der Waals surface area contributed by atoms with Crippen LogP contribution in [0.4, 0.5) is 17.2 Å². The fourth-order valence-corrected chi connectivity index (χ4v) is 4.69. The minimum Gasteiger partial charge on any atom is -0.379 e. The third-order valence-corrected chi connectivity index (χ3v) is 6.48. The summed E-state index contributed by atoms with van der Waals surface area (Å²) in [6.07, 6.45) is 13.7. The molecule has 0 saturated heterocycles. The maximum Gasteiger partial charge on any atom is 0.276 e. The first-order chi connectivity index (χ1) is 15.7. The first-order valence-electron chi connectivity index (χ1n) is 11.5. The molecule has 168 valence electrons. The van der Waals surface area contributed by atoms with E-state index < -0.39 is 0 Å². The summed E-state index contributed by atoms with van der Waals surface area (Å²) in [7, 11) is 0. The molecular weight excluding hydrogens is 404 g/mol. The van der Waals surface area contributed by atoms with Crippen molar-refractivity contribution >= 4 is 28.7 Å². The molecule has 0 atom stereocenters. The third-order valence-electron chi connectivity index (χ3n) is 6.48. The van der Waals surface area contributed by atoms with Gasteiger partial charge < -0.3 is 21.7 Å². The van der Waals surface area contributed by atoms with Crippen molar-refractivity contribution in [1.29, 1.82) is 0 Å². The van der Waals surface area contributed by atoms with Gasteiger partial charge in [-0.15, -0.1) is 5.10 Å². The fraction of sp³-hybridized carbons (Fsp3) is 0.478. The highest BCUT2D eigenvalue weighted by Gasteiger charge is 2.23. The molecule has 5 rings (SSSR count). The van der Waals surface area contributed by atoms with E-state index >= 15 is 0 Å². The Bertz CT molecular complexity index is 1070. The molecule has 2 aliphatic rings. The Labute approximate surface area is 187 Å². The SMILES string of the molecule is N[C@H]1CC[C@H](Nc2cc(NC3CCCC3)c3ncc(C(=O)Nc4ccncc4)n3n2)CC1. The van der Waals surface area contributed by atoms with Gasteiger partial charge in [-0.2, -0.15) is 0 Å². The number of hydrogen-bond donors (Lipinski definition) is 4. The Morgan fingerprint density at radius 2 is 1.72 bits per heavy atom.